The number of carbonyl (C=O) groups excluding carboxylic acids is 1. The Morgan fingerprint density at radius 2 is 1.41 bits per heavy atom. The molecule has 0 aliphatic carbocycles. The van der Waals surface area contributed by atoms with Crippen molar-refractivity contribution in [3.8, 4) is 11.5 Å². The quantitative estimate of drug-likeness (QED) is 0.570. The molecule has 0 saturated carbocycles. The van der Waals surface area contributed by atoms with Crippen LogP contribution in [0, 0.1) is 0 Å². The molecule has 0 bridgehead atoms. The fraction of sp³-hybridized carbons (Fsp3) is 0.0952. The van der Waals surface area contributed by atoms with E-state index in [1.165, 1.54) is 0 Å². The largest absolute Gasteiger partial charge is 0.497 e. The maximum atomic E-state index is 12.3. The Bertz CT molecular complexity index is 896. The number of nitrogens with one attached hydrogen (secondary N) is 3. The number of methoxy groups -OCH3 is 2. The van der Waals surface area contributed by atoms with E-state index in [2.05, 4.69) is 16.0 Å². The predicted molar refractivity (Wildman–Crippen MR) is 108 cm³/mol. The molecule has 3 rings (SSSR count). The van der Waals surface area contributed by atoms with Crippen LogP contribution in [-0.4, -0.2) is 20.3 Å². The fourth-order valence-electron chi connectivity index (χ4n) is 2.52. The number of anilines is 4. The van der Waals surface area contributed by atoms with Crippen LogP contribution in [0.25, 0.3) is 0 Å². The van der Waals surface area contributed by atoms with Crippen molar-refractivity contribution in [3.05, 3.63) is 72.8 Å². The summed E-state index contributed by atoms with van der Waals surface area (Å²) >= 11 is 0. The average molecular weight is 363 g/mol. The molecule has 0 fully saturated rings. The van der Waals surface area contributed by atoms with Gasteiger partial charge in [-0.3, -0.25) is 0 Å². The zero-order valence-electron chi connectivity index (χ0n) is 15.2. The van der Waals surface area contributed by atoms with Crippen molar-refractivity contribution in [3.63, 3.8) is 0 Å². The maximum Gasteiger partial charge on any atom is 0.323 e. The van der Waals surface area contributed by atoms with Gasteiger partial charge in [-0.1, -0.05) is 18.2 Å². The molecule has 6 heteroatoms. The van der Waals surface area contributed by atoms with E-state index in [-0.39, 0.29) is 6.03 Å². The van der Waals surface area contributed by atoms with E-state index >= 15 is 0 Å². The minimum atomic E-state index is -0.370. The van der Waals surface area contributed by atoms with Gasteiger partial charge in [0.05, 0.1) is 19.9 Å². The number of hydrogen-bond donors (Lipinski definition) is 3. The first-order valence-electron chi connectivity index (χ1n) is 8.40. The summed E-state index contributed by atoms with van der Waals surface area (Å²) in [5.41, 5.74) is 3.13. The molecule has 3 aromatic carbocycles. The Kier molecular flexibility index (Phi) is 5.79. The average Bonchev–Trinajstić information content (AvgIpc) is 2.70. The molecule has 3 aromatic rings. The first-order chi connectivity index (χ1) is 13.2. The smallest absolute Gasteiger partial charge is 0.323 e. The Morgan fingerprint density at radius 3 is 2.07 bits per heavy atom. The normalized spacial score (nSPS) is 10.0. The second-order valence-electron chi connectivity index (χ2n) is 5.71. The first kappa shape index (κ1) is 18.1. The molecule has 0 unspecified atom stereocenters. The minimum Gasteiger partial charge on any atom is -0.497 e. The minimum absolute atomic E-state index is 0.370. The molecule has 0 aromatic heterocycles. The summed E-state index contributed by atoms with van der Waals surface area (Å²) in [6.45, 7) is 0. The van der Waals surface area contributed by atoms with Crippen LogP contribution in [0.3, 0.4) is 0 Å². The van der Waals surface area contributed by atoms with Crippen LogP contribution in [0.4, 0.5) is 27.5 Å². The Labute approximate surface area is 158 Å². The molecule has 0 spiro atoms. The first-order valence-corrected chi connectivity index (χ1v) is 8.40. The van der Waals surface area contributed by atoms with Gasteiger partial charge in [-0.2, -0.15) is 0 Å². The van der Waals surface area contributed by atoms with Crippen molar-refractivity contribution in [1.82, 2.24) is 0 Å². The van der Waals surface area contributed by atoms with Crippen molar-refractivity contribution < 1.29 is 14.3 Å². The standard InChI is InChI=1S/C21H21N3O3/c1-26-18-12-13-20(27-2)19(14-18)24-21(25)23-17-10-8-16(9-11-17)22-15-6-4-3-5-7-15/h3-14,22H,1-2H3,(H2,23,24,25). The lowest BCUT2D eigenvalue weighted by molar-refractivity contribution is 0.262. The lowest BCUT2D eigenvalue weighted by Gasteiger charge is -2.13. The Morgan fingerprint density at radius 1 is 0.741 bits per heavy atom. The van der Waals surface area contributed by atoms with E-state index in [1.54, 1.807) is 32.4 Å². The van der Waals surface area contributed by atoms with E-state index in [0.717, 1.165) is 11.4 Å². The van der Waals surface area contributed by atoms with Crippen molar-refractivity contribution in [2.75, 3.05) is 30.2 Å². The highest BCUT2D eigenvalue weighted by atomic mass is 16.5. The summed E-state index contributed by atoms with van der Waals surface area (Å²) in [6.07, 6.45) is 0. The van der Waals surface area contributed by atoms with Gasteiger partial charge < -0.3 is 25.4 Å². The summed E-state index contributed by atoms with van der Waals surface area (Å²) < 4.78 is 10.4. The molecular weight excluding hydrogens is 342 g/mol. The predicted octanol–water partition coefficient (Wildman–Crippen LogP) is 5.09. The van der Waals surface area contributed by atoms with Crippen LogP contribution in [0.15, 0.2) is 72.8 Å². The van der Waals surface area contributed by atoms with Crippen LogP contribution in [0.5, 0.6) is 11.5 Å². The third-order valence-corrected chi connectivity index (χ3v) is 3.86. The summed E-state index contributed by atoms with van der Waals surface area (Å²) in [4.78, 5) is 12.3. The molecule has 0 aliphatic heterocycles. The second kappa shape index (κ2) is 8.62. The van der Waals surface area contributed by atoms with Gasteiger partial charge in [0.1, 0.15) is 11.5 Å². The monoisotopic (exact) mass is 363 g/mol. The van der Waals surface area contributed by atoms with Crippen LogP contribution in [0.1, 0.15) is 0 Å². The van der Waals surface area contributed by atoms with Crippen LogP contribution >= 0.6 is 0 Å². The number of carbonyl (C=O) groups is 1. The Balaban J connectivity index is 1.63. The van der Waals surface area contributed by atoms with Crippen LogP contribution in [-0.2, 0) is 0 Å². The van der Waals surface area contributed by atoms with E-state index in [4.69, 9.17) is 9.47 Å². The summed E-state index contributed by atoms with van der Waals surface area (Å²) in [5.74, 6) is 1.18. The summed E-state index contributed by atoms with van der Waals surface area (Å²) in [6, 6.07) is 22.2. The van der Waals surface area contributed by atoms with Crippen molar-refractivity contribution in [2.45, 2.75) is 0 Å². The zero-order valence-corrected chi connectivity index (χ0v) is 15.2. The molecule has 0 saturated heterocycles. The third-order valence-electron chi connectivity index (χ3n) is 3.86. The number of ether oxygens (including phenoxy) is 2. The van der Waals surface area contributed by atoms with Crippen LogP contribution < -0.4 is 25.4 Å². The van der Waals surface area contributed by atoms with E-state index in [9.17, 15) is 4.79 Å². The van der Waals surface area contributed by atoms with E-state index < -0.39 is 0 Å². The van der Waals surface area contributed by atoms with Gasteiger partial charge in [-0.05, 0) is 48.5 Å². The fourth-order valence-corrected chi connectivity index (χ4v) is 2.52. The van der Waals surface area contributed by atoms with Crippen LogP contribution in [0.2, 0.25) is 0 Å². The molecule has 6 nitrogen and oxygen atoms in total. The molecular formula is C21H21N3O3. The summed E-state index contributed by atoms with van der Waals surface area (Å²) in [7, 11) is 3.11. The highest BCUT2D eigenvalue weighted by molar-refractivity contribution is 6.00. The topological polar surface area (TPSA) is 71.6 Å². The number of urea groups is 1. The number of benzene rings is 3. The highest BCUT2D eigenvalue weighted by Crippen LogP contribution is 2.29. The van der Waals surface area contributed by atoms with E-state index in [0.29, 0.717) is 22.9 Å². The Hall–Kier alpha value is -3.67. The number of amides is 2. The lowest BCUT2D eigenvalue weighted by Crippen LogP contribution is -2.19. The van der Waals surface area contributed by atoms with Crippen molar-refractivity contribution in [2.24, 2.45) is 0 Å². The summed E-state index contributed by atoms with van der Waals surface area (Å²) in [5, 5.41) is 8.86. The highest BCUT2D eigenvalue weighted by Gasteiger charge is 2.09. The molecule has 0 radical (unpaired) electrons. The van der Waals surface area contributed by atoms with Gasteiger partial charge in [-0.15, -0.1) is 0 Å². The molecule has 0 aliphatic rings. The van der Waals surface area contributed by atoms with E-state index in [1.807, 2.05) is 54.6 Å². The number of para-hydroxylation sites is 1. The molecule has 0 heterocycles. The SMILES string of the molecule is COc1ccc(OC)c(NC(=O)Nc2ccc(Nc3ccccc3)cc2)c1. The maximum absolute atomic E-state index is 12.3. The van der Waals surface area contributed by atoms with Gasteiger partial charge in [0, 0.05) is 23.1 Å². The lowest BCUT2D eigenvalue weighted by atomic mass is 10.2. The van der Waals surface area contributed by atoms with Crippen molar-refractivity contribution >= 4 is 28.8 Å². The zero-order chi connectivity index (χ0) is 19.1. The molecule has 138 valence electrons. The third kappa shape index (κ3) is 4.92. The molecule has 3 N–H and O–H groups in total. The molecule has 0 atom stereocenters. The van der Waals surface area contributed by atoms with Gasteiger partial charge in [-0.25, -0.2) is 4.79 Å². The number of rotatable bonds is 6. The van der Waals surface area contributed by atoms with Gasteiger partial charge in [0.15, 0.2) is 0 Å². The number of hydrogen-bond acceptors (Lipinski definition) is 4. The van der Waals surface area contributed by atoms with Gasteiger partial charge >= 0.3 is 6.03 Å². The van der Waals surface area contributed by atoms with Gasteiger partial charge in [0.2, 0.25) is 0 Å². The van der Waals surface area contributed by atoms with Gasteiger partial charge in [0.25, 0.3) is 0 Å². The molecule has 2 amide bonds. The van der Waals surface area contributed by atoms with Crippen molar-refractivity contribution in [1.29, 1.82) is 0 Å². The second-order valence-corrected chi connectivity index (χ2v) is 5.71. The molecule has 27 heavy (non-hydrogen) atoms.